The quantitative estimate of drug-likeness (QED) is 0.597. The molecule has 3 aromatic heterocycles. The molecular formula is C13H14N4OS2. The van der Waals surface area contributed by atoms with Crippen LogP contribution in [0.1, 0.15) is 16.0 Å². The zero-order valence-corrected chi connectivity index (χ0v) is 13.1. The number of thioether (sulfide) groups is 1. The molecule has 0 aliphatic carbocycles. The van der Waals surface area contributed by atoms with Crippen LogP contribution in [-0.4, -0.2) is 19.7 Å². The number of rotatable bonds is 3. The predicted molar refractivity (Wildman–Crippen MR) is 82.5 cm³/mol. The lowest BCUT2D eigenvalue weighted by Gasteiger charge is -1.99. The minimum Gasteiger partial charge on any atom is -0.301 e. The third-order valence-electron chi connectivity index (χ3n) is 3.15. The summed E-state index contributed by atoms with van der Waals surface area (Å²) < 4.78 is 1.77. The molecule has 0 saturated heterocycles. The summed E-state index contributed by atoms with van der Waals surface area (Å²) in [6.07, 6.45) is 3.78. The predicted octanol–water partition coefficient (Wildman–Crippen LogP) is 2.63. The molecule has 3 aromatic rings. The Labute approximate surface area is 124 Å². The summed E-state index contributed by atoms with van der Waals surface area (Å²) in [5, 5.41) is 5.50. The Kier molecular flexibility index (Phi) is 3.39. The van der Waals surface area contributed by atoms with Gasteiger partial charge < -0.3 is 4.98 Å². The highest BCUT2D eigenvalue weighted by atomic mass is 32.2. The van der Waals surface area contributed by atoms with Gasteiger partial charge in [0.1, 0.15) is 4.83 Å². The van der Waals surface area contributed by atoms with Crippen LogP contribution in [0.5, 0.6) is 0 Å². The third-order valence-corrected chi connectivity index (χ3v) is 5.20. The van der Waals surface area contributed by atoms with Crippen molar-refractivity contribution in [1.82, 2.24) is 19.7 Å². The molecule has 0 bridgehead atoms. The number of aromatic nitrogens is 4. The van der Waals surface area contributed by atoms with Gasteiger partial charge in [-0.15, -0.1) is 11.3 Å². The highest BCUT2D eigenvalue weighted by Crippen LogP contribution is 2.27. The molecule has 20 heavy (non-hydrogen) atoms. The van der Waals surface area contributed by atoms with Gasteiger partial charge in [-0.2, -0.15) is 5.10 Å². The molecule has 3 heterocycles. The van der Waals surface area contributed by atoms with E-state index in [9.17, 15) is 4.79 Å². The number of nitrogens with one attached hydrogen (secondary N) is 1. The van der Waals surface area contributed by atoms with Gasteiger partial charge in [-0.1, -0.05) is 11.8 Å². The Morgan fingerprint density at radius 3 is 2.95 bits per heavy atom. The standard InChI is InChI=1S/C13H14N4OS2/c1-7-8(2)20-12-10(7)11(18)15-13(16-12)19-6-9-4-14-17(3)5-9/h4-5H,6H2,1-3H3,(H,15,16,18). The maximum atomic E-state index is 12.1. The SMILES string of the molecule is Cc1sc2nc(SCc3cnn(C)c3)[nH]c(=O)c2c1C. The molecule has 7 heteroatoms. The van der Waals surface area contributed by atoms with Gasteiger partial charge in [0.2, 0.25) is 0 Å². The summed E-state index contributed by atoms with van der Waals surface area (Å²) in [5.74, 6) is 0.742. The van der Waals surface area contributed by atoms with Crippen molar-refractivity contribution in [1.29, 1.82) is 0 Å². The fourth-order valence-electron chi connectivity index (χ4n) is 2.00. The Morgan fingerprint density at radius 2 is 2.25 bits per heavy atom. The van der Waals surface area contributed by atoms with E-state index < -0.39 is 0 Å². The Balaban J connectivity index is 1.91. The fraction of sp³-hybridized carbons (Fsp3) is 0.308. The van der Waals surface area contributed by atoms with Crippen molar-refractivity contribution >= 4 is 33.3 Å². The average molecular weight is 306 g/mol. The van der Waals surface area contributed by atoms with E-state index in [-0.39, 0.29) is 5.56 Å². The van der Waals surface area contributed by atoms with Gasteiger partial charge in [0, 0.05) is 29.4 Å². The minimum absolute atomic E-state index is 0.0504. The van der Waals surface area contributed by atoms with Crippen LogP contribution in [0.2, 0.25) is 0 Å². The number of thiophene rings is 1. The van der Waals surface area contributed by atoms with Gasteiger partial charge in [-0.05, 0) is 19.4 Å². The van der Waals surface area contributed by atoms with Crippen molar-refractivity contribution in [2.24, 2.45) is 7.05 Å². The second kappa shape index (κ2) is 5.06. The lowest BCUT2D eigenvalue weighted by atomic mass is 10.2. The number of hydrogen-bond acceptors (Lipinski definition) is 5. The van der Waals surface area contributed by atoms with Crippen LogP contribution in [0.4, 0.5) is 0 Å². The van der Waals surface area contributed by atoms with Gasteiger partial charge in [-0.3, -0.25) is 9.48 Å². The average Bonchev–Trinajstić information content (AvgIpc) is 2.92. The molecule has 1 N–H and O–H groups in total. The molecule has 0 atom stereocenters. The molecule has 0 radical (unpaired) electrons. The van der Waals surface area contributed by atoms with E-state index >= 15 is 0 Å². The molecule has 0 unspecified atom stereocenters. The van der Waals surface area contributed by atoms with Gasteiger partial charge in [0.15, 0.2) is 5.16 Å². The lowest BCUT2D eigenvalue weighted by Crippen LogP contribution is -2.08. The Bertz CT molecular complexity index is 831. The molecular weight excluding hydrogens is 292 g/mol. The Hall–Kier alpha value is -1.60. The summed E-state index contributed by atoms with van der Waals surface area (Å²) in [4.78, 5) is 21.5. The van der Waals surface area contributed by atoms with E-state index in [4.69, 9.17) is 0 Å². The molecule has 0 aliphatic rings. The fourth-order valence-corrected chi connectivity index (χ4v) is 3.86. The van der Waals surface area contributed by atoms with Gasteiger partial charge >= 0.3 is 0 Å². The second-order valence-electron chi connectivity index (χ2n) is 4.65. The number of aryl methyl sites for hydroxylation is 3. The van der Waals surface area contributed by atoms with E-state index in [1.807, 2.05) is 33.3 Å². The van der Waals surface area contributed by atoms with Crippen LogP contribution >= 0.6 is 23.1 Å². The van der Waals surface area contributed by atoms with Crippen LogP contribution in [-0.2, 0) is 12.8 Å². The van der Waals surface area contributed by atoms with E-state index in [2.05, 4.69) is 15.1 Å². The van der Waals surface area contributed by atoms with Crippen molar-refractivity contribution in [3.05, 3.63) is 38.8 Å². The smallest absolute Gasteiger partial charge is 0.260 e. The molecule has 0 fully saturated rings. The summed E-state index contributed by atoms with van der Waals surface area (Å²) in [6.45, 7) is 3.98. The van der Waals surface area contributed by atoms with Crippen LogP contribution in [0.25, 0.3) is 10.2 Å². The van der Waals surface area contributed by atoms with Crippen LogP contribution in [0.3, 0.4) is 0 Å². The monoisotopic (exact) mass is 306 g/mol. The van der Waals surface area contributed by atoms with Crippen molar-refractivity contribution in [2.45, 2.75) is 24.8 Å². The van der Waals surface area contributed by atoms with Crippen LogP contribution in [0, 0.1) is 13.8 Å². The molecule has 3 rings (SSSR count). The maximum Gasteiger partial charge on any atom is 0.260 e. The van der Waals surface area contributed by atoms with E-state index in [0.717, 1.165) is 32.0 Å². The summed E-state index contributed by atoms with van der Waals surface area (Å²) in [5.41, 5.74) is 2.09. The largest absolute Gasteiger partial charge is 0.301 e. The van der Waals surface area contributed by atoms with Crippen LogP contribution in [0.15, 0.2) is 22.3 Å². The van der Waals surface area contributed by atoms with Gasteiger partial charge in [-0.25, -0.2) is 4.98 Å². The molecule has 0 aromatic carbocycles. The van der Waals surface area contributed by atoms with Crippen molar-refractivity contribution in [3.63, 3.8) is 0 Å². The number of fused-ring (bicyclic) bond motifs is 1. The van der Waals surface area contributed by atoms with Gasteiger partial charge in [0.05, 0.1) is 11.6 Å². The maximum absolute atomic E-state index is 12.1. The summed E-state index contributed by atoms with van der Waals surface area (Å²) >= 11 is 3.09. The summed E-state index contributed by atoms with van der Waals surface area (Å²) in [7, 11) is 1.89. The Morgan fingerprint density at radius 1 is 1.45 bits per heavy atom. The first-order valence-corrected chi connectivity index (χ1v) is 7.95. The number of H-pyrrole nitrogens is 1. The molecule has 5 nitrogen and oxygen atoms in total. The van der Waals surface area contributed by atoms with E-state index in [1.165, 1.54) is 11.8 Å². The third kappa shape index (κ3) is 2.38. The molecule has 104 valence electrons. The van der Waals surface area contributed by atoms with Gasteiger partial charge in [0.25, 0.3) is 5.56 Å². The molecule has 0 aliphatic heterocycles. The number of nitrogens with zero attached hydrogens (tertiary/aromatic N) is 3. The highest BCUT2D eigenvalue weighted by Gasteiger charge is 2.12. The first-order chi connectivity index (χ1) is 9.54. The topological polar surface area (TPSA) is 63.6 Å². The first kappa shape index (κ1) is 13.4. The van der Waals surface area contributed by atoms with E-state index in [0.29, 0.717) is 5.16 Å². The van der Waals surface area contributed by atoms with Crippen LogP contribution < -0.4 is 5.56 Å². The minimum atomic E-state index is -0.0504. The van der Waals surface area contributed by atoms with Crippen molar-refractivity contribution < 1.29 is 0 Å². The zero-order valence-electron chi connectivity index (χ0n) is 11.4. The van der Waals surface area contributed by atoms with Crippen molar-refractivity contribution in [2.75, 3.05) is 0 Å². The zero-order chi connectivity index (χ0) is 14.3. The highest BCUT2D eigenvalue weighted by molar-refractivity contribution is 7.98. The normalized spacial score (nSPS) is 11.3. The number of aromatic amines is 1. The molecule has 0 amide bonds. The second-order valence-corrected chi connectivity index (χ2v) is 6.81. The number of hydrogen-bond donors (Lipinski definition) is 1. The summed E-state index contributed by atoms with van der Waals surface area (Å²) in [6, 6.07) is 0. The lowest BCUT2D eigenvalue weighted by molar-refractivity contribution is 0.767. The van der Waals surface area contributed by atoms with Crippen molar-refractivity contribution in [3.8, 4) is 0 Å². The first-order valence-electron chi connectivity index (χ1n) is 6.15. The molecule has 0 spiro atoms. The molecule has 0 saturated carbocycles. The van der Waals surface area contributed by atoms with E-state index in [1.54, 1.807) is 16.0 Å².